The van der Waals surface area contributed by atoms with Gasteiger partial charge in [0, 0.05) is 62.4 Å². The number of carbonyl (C=O) groups is 4. The van der Waals surface area contributed by atoms with Gasteiger partial charge in [-0.3, -0.25) is 29.6 Å². The second kappa shape index (κ2) is 10.2. The number of amides is 4. The quantitative estimate of drug-likeness (QED) is 0.563. The van der Waals surface area contributed by atoms with Crippen molar-refractivity contribution >= 4 is 23.8 Å². The average molecular weight is 520 g/mol. The molecule has 1 unspecified atom stereocenters. The van der Waals surface area contributed by atoms with Crippen LogP contribution in [0.25, 0.3) is 11.3 Å². The summed E-state index contributed by atoms with van der Waals surface area (Å²) < 4.78 is 5.29. The zero-order chi connectivity index (χ0) is 27.0. The largest absolute Gasteiger partial charge is 0.444 e. The number of alkyl carbamates (subject to hydrolysis) is 1. The van der Waals surface area contributed by atoms with Crippen molar-refractivity contribution in [3.8, 4) is 11.3 Å². The first kappa shape index (κ1) is 25.8. The lowest BCUT2D eigenvalue weighted by atomic mass is 9.98. The van der Waals surface area contributed by atoms with Crippen LogP contribution in [0.4, 0.5) is 4.79 Å². The number of rotatable bonds is 6. The Hall–Kier alpha value is -3.79. The summed E-state index contributed by atoms with van der Waals surface area (Å²) in [6.07, 6.45) is 1.98. The van der Waals surface area contributed by atoms with Crippen molar-refractivity contribution in [2.24, 2.45) is 5.92 Å². The molecule has 4 amide bonds. The predicted molar refractivity (Wildman–Crippen MR) is 139 cm³/mol. The molecule has 2 saturated heterocycles. The lowest BCUT2D eigenvalue weighted by Crippen LogP contribution is -2.52. The minimum atomic E-state index is -0.628. The molecule has 5 rings (SSSR count). The Balaban J connectivity index is 1.17. The van der Waals surface area contributed by atoms with Gasteiger partial charge in [-0.15, -0.1) is 0 Å². The number of imide groups is 1. The van der Waals surface area contributed by atoms with Crippen LogP contribution in [-0.2, 0) is 27.4 Å². The van der Waals surface area contributed by atoms with Crippen LogP contribution < -0.4 is 10.6 Å². The molecule has 10 nitrogen and oxygen atoms in total. The van der Waals surface area contributed by atoms with E-state index in [9.17, 15) is 19.2 Å². The number of benzene rings is 1. The molecule has 0 spiro atoms. The van der Waals surface area contributed by atoms with Crippen LogP contribution in [0.3, 0.4) is 0 Å². The van der Waals surface area contributed by atoms with E-state index < -0.39 is 17.6 Å². The Labute approximate surface area is 221 Å². The SMILES string of the molecule is CC(C)(C)OC(=O)NCC1CN(Cc2ccnc(-c3ccc4c(c3)CN(C3CCC(=O)NC3=O)C4=O)c2)C1. The Bertz CT molecular complexity index is 1280. The Morgan fingerprint density at radius 3 is 2.68 bits per heavy atom. The van der Waals surface area contributed by atoms with Gasteiger partial charge in [-0.1, -0.05) is 6.07 Å². The van der Waals surface area contributed by atoms with Crippen LogP contribution in [0.2, 0.25) is 0 Å². The molecule has 4 heterocycles. The van der Waals surface area contributed by atoms with Gasteiger partial charge in [-0.25, -0.2) is 4.79 Å². The molecular formula is C28H33N5O5. The summed E-state index contributed by atoms with van der Waals surface area (Å²) in [5.74, 6) is -0.498. The number of hydrogen-bond acceptors (Lipinski definition) is 7. The Morgan fingerprint density at radius 1 is 1.16 bits per heavy atom. The number of nitrogens with one attached hydrogen (secondary N) is 2. The molecule has 0 radical (unpaired) electrons. The fourth-order valence-corrected chi connectivity index (χ4v) is 5.20. The smallest absolute Gasteiger partial charge is 0.407 e. The predicted octanol–water partition coefficient (Wildman–Crippen LogP) is 2.47. The Morgan fingerprint density at radius 2 is 1.95 bits per heavy atom. The summed E-state index contributed by atoms with van der Waals surface area (Å²) >= 11 is 0. The van der Waals surface area contributed by atoms with Crippen LogP contribution in [0.15, 0.2) is 36.5 Å². The van der Waals surface area contributed by atoms with Gasteiger partial charge >= 0.3 is 6.09 Å². The first-order valence-corrected chi connectivity index (χ1v) is 13.0. The highest BCUT2D eigenvalue weighted by Crippen LogP contribution is 2.31. The summed E-state index contributed by atoms with van der Waals surface area (Å²) in [5, 5.41) is 5.18. The van der Waals surface area contributed by atoms with Crippen molar-refractivity contribution in [3.63, 3.8) is 0 Å². The van der Waals surface area contributed by atoms with Crippen molar-refractivity contribution in [1.82, 2.24) is 25.4 Å². The van der Waals surface area contributed by atoms with Gasteiger partial charge in [0.1, 0.15) is 11.6 Å². The molecule has 1 atom stereocenters. The summed E-state index contributed by atoms with van der Waals surface area (Å²) in [6.45, 7) is 9.04. The van der Waals surface area contributed by atoms with Gasteiger partial charge in [0.25, 0.3) is 5.91 Å². The molecular weight excluding hydrogens is 486 g/mol. The van der Waals surface area contributed by atoms with E-state index in [1.165, 1.54) is 0 Å². The first-order chi connectivity index (χ1) is 18.1. The fourth-order valence-electron chi connectivity index (χ4n) is 5.20. The van der Waals surface area contributed by atoms with Gasteiger partial charge in [0.2, 0.25) is 11.8 Å². The standard InChI is InChI=1S/C28H33N5O5/c1-28(2,3)38-27(37)30-12-18-14-32(15-18)13-17-8-9-29-22(10-17)19-4-5-21-20(11-19)16-33(26(21)36)23-6-7-24(34)31-25(23)35/h4-5,8-11,18,23H,6-7,12-16H2,1-3H3,(H,30,37)(H,31,34,35). The number of hydrogen-bond donors (Lipinski definition) is 2. The molecule has 200 valence electrons. The maximum Gasteiger partial charge on any atom is 0.407 e. The number of likely N-dealkylation sites (tertiary alicyclic amines) is 1. The number of nitrogens with zero attached hydrogens (tertiary/aromatic N) is 3. The molecule has 1 aromatic carbocycles. The molecule has 0 saturated carbocycles. The molecule has 2 aromatic rings. The highest BCUT2D eigenvalue weighted by molar-refractivity contribution is 6.05. The summed E-state index contributed by atoms with van der Waals surface area (Å²) in [4.78, 5) is 57.0. The van der Waals surface area contributed by atoms with E-state index in [4.69, 9.17) is 4.74 Å². The van der Waals surface area contributed by atoms with E-state index in [2.05, 4.69) is 26.6 Å². The zero-order valence-corrected chi connectivity index (χ0v) is 22.0. The lowest BCUT2D eigenvalue weighted by molar-refractivity contribution is -0.136. The number of piperidine rings is 1. The van der Waals surface area contributed by atoms with E-state index in [0.717, 1.165) is 42.0 Å². The third-order valence-corrected chi connectivity index (χ3v) is 7.02. The molecule has 0 bridgehead atoms. The van der Waals surface area contributed by atoms with Gasteiger partial charge < -0.3 is 15.0 Å². The minimum absolute atomic E-state index is 0.184. The second-order valence-corrected chi connectivity index (χ2v) is 11.3. The van der Waals surface area contributed by atoms with Gasteiger partial charge in [-0.05, 0) is 62.6 Å². The second-order valence-electron chi connectivity index (χ2n) is 11.3. The maximum absolute atomic E-state index is 13.0. The molecule has 3 aliphatic rings. The number of aromatic nitrogens is 1. The molecule has 38 heavy (non-hydrogen) atoms. The van der Waals surface area contributed by atoms with Crippen molar-refractivity contribution < 1.29 is 23.9 Å². The van der Waals surface area contributed by atoms with Crippen molar-refractivity contribution in [1.29, 1.82) is 0 Å². The van der Waals surface area contributed by atoms with Crippen LogP contribution >= 0.6 is 0 Å². The zero-order valence-electron chi connectivity index (χ0n) is 22.0. The molecule has 1 aromatic heterocycles. The van der Waals surface area contributed by atoms with Crippen LogP contribution in [0, 0.1) is 5.92 Å². The van der Waals surface area contributed by atoms with Crippen molar-refractivity contribution in [2.75, 3.05) is 19.6 Å². The molecule has 2 fully saturated rings. The number of fused-ring (bicyclic) bond motifs is 1. The van der Waals surface area contributed by atoms with Crippen LogP contribution in [-0.4, -0.2) is 69.9 Å². The Kier molecular flexibility index (Phi) is 6.92. The molecule has 2 N–H and O–H groups in total. The molecule has 10 heteroatoms. The maximum atomic E-state index is 13.0. The number of carbonyl (C=O) groups excluding carboxylic acids is 4. The highest BCUT2D eigenvalue weighted by Gasteiger charge is 2.39. The van der Waals surface area contributed by atoms with E-state index in [1.807, 2.05) is 39.0 Å². The molecule has 0 aliphatic carbocycles. The monoisotopic (exact) mass is 519 g/mol. The van der Waals surface area contributed by atoms with Crippen LogP contribution in [0.5, 0.6) is 0 Å². The van der Waals surface area contributed by atoms with E-state index in [-0.39, 0.29) is 24.3 Å². The third kappa shape index (κ3) is 5.70. The van der Waals surface area contributed by atoms with Crippen molar-refractivity contribution in [3.05, 3.63) is 53.2 Å². The summed E-state index contributed by atoms with van der Waals surface area (Å²) in [7, 11) is 0. The number of pyridine rings is 1. The average Bonchev–Trinajstić information content (AvgIpc) is 3.15. The normalized spacial score (nSPS) is 20.1. The highest BCUT2D eigenvalue weighted by atomic mass is 16.6. The number of ether oxygens (including phenoxy) is 1. The van der Waals surface area contributed by atoms with Crippen molar-refractivity contribution in [2.45, 2.75) is 58.3 Å². The van der Waals surface area contributed by atoms with Gasteiger partial charge in [-0.2, -0.15) is 0 Å². The van der Waals surface area contributed by atoms with E-state index in [0.29, 0.717) is 31.0 Å². The van der Waals surface area contributed by atoms with E-state index in [1.54, 1.807) is 17.2 Å². The fraction of sp³-hybridized carbons (Fsp3) is 0.464. The molecule has 3 aliphatic heterocycles. The third-order valence-electron chi connectivity index (χ3n) is 7.02. The lowest BCUT2D eigenvalue weighted by Gasteiger charge is -2.39. The van der Waals surface area contributed by atoms with Gasteiger partial charge in [0.05, 0.1) is 5.69 Å². The summed E-state index contributed by atoms with van der Waals surface area (Å²) in [6, 6.07) is 9.08. The first-order valence-electron chi connectivity index (χ1n) is 13.0. The van der Waals surface area contributed by atoms with Crippen LogP contribution in [0.1, 0.15) is 55.1 Å². The summed E-state index contributed by atoms with van der Waals surface area (Å²) in [5.41, 5.74) is 3.80. The van der Waals surface area contributed by atoms with E-state index >= 15 is 0 Å². The topological polar surface area (TPSA) is 121 Å². The van der Waals surface area contributed by atoms with Gasteiger partial charge in [0.15, 0.2) is 0 Å². The minimum Gasteiger partial charge on any atom is -0.444 e.